The van der Waals surface area contributed by atoms with Gasteiger partial charge in [0.25, 0.3) is 5.91 Å². The van der Waals surface area contributed by atoms with Crippen LogP contribution in [0.25, 0.3) is 11.1 Å². The van der Waals surface area contributed by atoms with E-state index in [9.17, 15) is 14.8 Å². The molecule has 3 aromatic rings. The zero-order valence-electron chi connectivity index (χ0n) is 15.3. The van der Waals surface area contributed by atoms with Crippen LogP contribution in [-0.4, -0.2) is 44.5 Å². The van der Waals surface area contributed by atoms with Crippen molar-refractivity contribution >= 4 is 41.7 Å². The summed E-state index contributed by atoms with van der Waals surface area (Å²) in [7, 11) is 0.149. The number of hydrogen-bond donors (Lipinski definition) is 2. The van der Waals surface area contributed by atoms with Gasteiger partial charge in [0.15, 0.2) is 6.73 Å². The highest BCUT2D eigenvalue weighted by Crippen LogP contribution is 2.34. The fourth-order valence-corrected chi connectivity index (χ4v) is 3.95. The van der Waals surface area contributed by atoms with Crippen LogP contribution in [0.2, 0.25) is 10.0 Å². The van der Waals surface area contributed by atoms with E-state index in [1.54, 1.807) is 48.3 Å². The highest BCUT2D eigenvalue weighted by molar-refractivity contribution is 6.59. The van der Waals surface area contributed by atoms with Crippen molar-refractivity contribution in [3.8, 4) is 16.9 Å². The molecule has 0 spiro atoms. The standard InChI is InChI=1S/C19H16BCl2N3O4/c1-24-8-13(7-23-24)12-5-15(21)17(16(22)6-12)19(26)25-9-11-3-2-4-14(20(27)28)18(11)29-10-25/h2-8,27-28H,9-10H2,1H3. The molecule has 10 heteroatoms. The number of aromatic nitrogens is 2. The fraction of sp³-hybridized carbons (Fsp3) is 0.158. The van der Waals surface area contributed by atoms with Crippen molar-refractivity contribution in [2.45, 2.75) is 6.54 Å². The molecule has 0 saturated carbocycles. The molecule has 0 aliphatic carbocycles. The van der Waals surface area contributed by atoms with Gasteiger partial charge < -0.3 is 19.7 Å². The van der Waals surface area contributed by atoms with Gasteiger partial charge in [-0.25, -0.2) is 0 Å². The average Bonchev–Trinajstić information content (AvgIpc) is 3.12. The average molecular weight is 432 g/mol. The molecule has 148 valence electrons. The summed E-state index contributed by atoms with van der Waals surface area (Å²) >= 11 is 12.8. The van der Waals surface area contributed by atoms with Gasteiger partial charge in [0.2, 0.25) is 0 Å². The summed E-state index contributed by atoms with van der Waals surface area (Å²) in [5, 5.41) is 23.5. The molecule has 1 aromatic heterocycles. The lowest BCUT2D eigenvalue weighted by atomic mass is 9.78. The second kappa shape index (κ2) is 7.72. The zero-order chi connectivity index (χ0) is 20.7. The summed E-state index contributed by atoms with van der Waals surface area (Å²) in [4.78, 5) is 14.5. The third-order valence-electron chi connectivity index (χ3n) is 4.71. The molecule has 0 fully saturated rings. The maximum atomic E-state index is 13.1. The van der Waals surface area contributed by atoms with E-state index in [1.165, 1.54) is 4.90 Å². The zero-order valence-corrected chi connectivity index (χ0v) is 16.9. The minimum Gasteiger partial charge on any atom is -0.473 e. The molecular weight excluding hydrogens is 416 g/mol. The van der Waals surface area contributed by atoms with Gasteiger partial charge in [-0.05, 0) is 17.7 Å². The van der Waals surface area contributed by atoms with Gasteiger partial charge in [-0.15, -0.1) is 0 Å². The molecule has 0 atom stereocenters. The number of aryl methyl sites for hydroxylation is 1. The second-order valence-corrected chi connectivity index (χ2v) is 7.52. The highest BCUT2D eigenvalue weighted by Gasteiger charge is 2.29. The number of ether oxygens (including phenoxy) is 1. The third-order valence-corrected chi connectivity index (χ3v) is 5.31. The lowest BCUT2D eigenvalue weighted by Gasteiger charge is -2.30. The molecule has 0 bridgehead atoms. The third kappa shape index (κ3) is 3.72. The van der Waals surface area contributed by atoms with Crippen molar-refractivity contribution in [2.75, 3.05) is 6.73 Å². The largest absolute Gasteiger partial charge is 0.492 e. The second-order valence-electron chi connectivity index (χ2n) is 6.70. The van der Waals surface area contributed by atoms with Crippen LogP contribution < -0.4 is 10.2 Å². The minimum atomic E-state index is -1.66. The summed E-state index contributed by atoms with van der Waals surface area (Å²) in [6.07, 6.45) is 3.51. The van der Waals surface area contributed by atoms with Gasteiger partial charge >= 0.3 is 7.12 Å². The van der Waals surface area contributed by atoms with Crippen LogP contribution in [0.4, 0.5) is 0 Å². The van der Waals surface area contributed by atoms with E-state index in [0.29, 0.717) is 11.3 Å². The van der Waals surface area contributed by atoms with E-state index in [-0.39, 0.29) is 40.3 Å². The van der Waals surface area contributed by atoms with Crippen molar-refractivity contribution in [2.24, 2.45) is 7.05 Å². The first kappa shape index (κ1) is 19.8. The summed E-state index contributed by atoms with van der Waals surface area (Å²) in [6, 6.07) is 8.35. The Bertz CT molecular complexity index is 1080. The van der Waals surface area contributed by atoms with E-state index in [4.69, 9.17) is 27.9 Å². The molecule has 1 aliphatic heterocycles. The lowest BCUT2D eigenvalue weighted by molar-refractivity contribution is 0.0517. The monoisotopic (exact) mass is 431 g/mol. The number of halogens is 2. The molecule has 2 N–H and O–H groups in total. The number of para-hydroxylation sites is 1. The van der Waals surface area contributed by atoms with Crippen LogP contribution in [-0.2, 0) is 13.6 Å². The first-order chi connectivity index (χ1) is 13.8. The van der Waals surface area contributed by atoms with Crippen LogP contribution in [0.1, 0.15) is 15.9 Å². The molecule has 1 amide bonds. The predicted molar refractivity (Wildman–Crippen MR) is 110 cm³/mol. The molecular formula is C19H16BCl2N3O4. The van der Waals surface area contributed by atoms with Gasteiger partial charge in [-0.1, -0.05) is 41.4 Å². The van der Waals surface area contributed by atoms with Crippen molar-refractivity contribution in [3.63, 3.8) is 0 Å². The Morgan fingerprint density at radius 3 is 2.55 bits per heavy atom. The van der Waals surface area contributed by atoms with Gasteiger partial charge in [0, 0.05) is 29.8 Å². The maximum absolute atomic E-state index is 13.1. The molecule has 4 rings (SSSR count). The Morgan fingerprint density at radius 2 is 1.93 bits per heavy atom. The summed E-state index contributed by atoms with van der Waals surface area (Å²) in [5.74, 6) is -0.00555. The van der Waals surface area contributed by atoms with E-state index in [2.05, 4.69) is 5.10 Å². The van der Waals surface area contributed by atoms with Crippen molar-refractivity contribution in [3.05, 3.63) is 63.9 Å². The fourth-order valence-electron chi connectivity index (χ4n) is 3.31. The van der Waals surface area contributed by atoms with Crippen LogP contribution in [0.15, 0.2) is 42.7 Å². The molecule has 2 aromatic carbocycles. The number of carbonyl (C=O) groups excluding carboxylic acids is 1. The predicted octanol–water partition coefficient (Wildman–Crippen LogP) is 2.07. The first-order valence-electron chi connectivity index (χ1n) is 8.73. The smallest absolute Gasteiger partial charge is 0.473 e. The topological polar surface area (TPSA) is 87.8 Å². The number of rotatable bonds is 3. The van der Waals surface area contributed by atoms with Crippen molar-refractivity contribution in [1.29, 1.82) is 0 Å². The van der Waals surface area contributed by atoms with Gasteiger partial charge in [0.1, 0.15) is 5.75 Å². The van der Waals surface area contributed by atoms with E-state index in [1.807, 2.05) is 6.20 Å². The Hall–Kier alpha value is -2.52. The number of carbonyl (C=O) groups is 1. The SMILES string of the molecule is Cn1cc(-c2cc(Cl)c(C(=O)N3COc4c(cccc4B(O)O)C3)c(Cl)c2)cn1. The quantitative estimate of drug-likeness (QED) is 0.620. The number of hydrogen-bond acceptors (Lipinski definition) is 5. The summed E-state index contributed by atoms with van der Waals surface area (Å²) in [5.41, 5.74) is 2.69. The van der Waals surface area contributed by atoms with Gasteiger partial charge in [-0.2, -0.15) is 5.10 Å². The molecule has 0 unspecified atom stereocenters. The Morgan fingerprint density at radius 1 is 1.21 bits per heavy atom. The van der Waals surface area contributed by atoms with Gasteiger partial charge in [-0.3, -0.25) is 9.48 Å². The van der Waals surface area contributed by atoms with Crippen LogP contribution in [0.3, 0.4) is 0 Å². The van der Waals surface area contributed by atoms with Crippen LogP contribution in [0, 0.1) is 0 Å². The number of nitrogens with zero attached hydrogens (tertiary/aromatic N) is 3. The Labute approximate surface area is 177 Å². The van der Waals surface area contributed by atoms with Gasteiger partial charge in [0.05, 0.1) is 28.4 Å². The number of amides is 1. The molecule has 0 saturated heterocycles. The van der Waals surface area contributed by atoms with Crippen LogP contribution in [0.5, 0.6) is 5.75 Å². The molecule has 1 aliphatic rings. The van der Waals surface area contributed by atoms with E-state index in [0.717, 1.165) is 11.1 Å². The molecule has 2 heterocycles. The Balaban J connectivity index is 1.63. The Kier molecular flexibility index (Phi) is 5.27. The normalized spacial score (nSPS) is 13.1. The number of benzene rings is 2. The van der Waals surface area contributed by atoms with Crippen molar-refractivity contribution < 1.29 is 19.6 Å². The van der Waals surface area contributed by atoms with Crippen LogP contribution >= 0.6 is 23.2 Å². The van der Waals surface area contributed by atoms with Crippen molar-refractivity contribution in [1.82, 2.24) is 14.7 Å². The maximum Gasteiger partial charge on any atom is 0.492 e. The molecule has 0 radical (unpaired) electrons. The molecule has 29 heavy (non-hydrogen) atoms. The minimum absolute atomic E-state index is 0.0629. The lowest BCUT2D eigenvalue weighted by Crippen LogP contribution is -2.41. The summed E-state index contributed by atoms with van der Waals surface area (Å²) in [6.45, 7) is 0.165. The summed E-state index contributed by atoms with van der Waals surface area (Å²) < 4.78 is 7.30. The van der Waals surface area contributed by atoms with E-state index < -0.39 is 7.12 Å². The van der Waals surface area contributed by atoms with E-state index >= 15 is 0 Å². The molecule has 7 nitrogen and oxygen atoms in total. The first-order valence-corrected chi connectivity index (χ1v) is 9.49. The number of fused-ring (bicyclic) bond motifs is 1. The highest BCUT2D eigenvalue weighted by atomic mass is 35.5.